The van der Waals surface area contributed by atoms with Crippen molar-refractivity contribution in [1.82, 2.24) is 0 Å². The number of phenols is 1. The third kappa shape index (κ3) is 5.22. The molecule has 3 N–H and O–H groups in total. The molecule has 0 spiro atoms. The third-order valence-corrected chi connectivity index (χ3v) is 9.74. The van der Waals surface area contributed by atoms with E-state index in [4.69, 9.17) is 14.2 Å². The Labute approximate surface area is 275 Å². The first-order chi connectivity index (χ1) is 22.8. The van der Waals surface area contributed by atoms with Gasteiger partial charge in [-0.1, -0.05) is 64.0 Å². The molecule has 0 aliphatic heterocycles. The van der Waals surface area contributed by atoms with Gasteiger partial charge in [-0.3, -0.25) is 9.59 Å². The zero-order chi connectivity index (χ0) is 33.4. The predicted molar refractivity (Wildman–Crippen MR) is 195 cm³/mol. The van der Waals surface area contributed by atoms with Crippen molar-refractivity contribution in [2.75, 3.05) is 45.1 Å². The van der Waals surface area contributed by atoms with Crippen molar-refractivity contribution in [3.63, 3.8) is 0 Å². The number of nitrogens with one attached hydrogen (secondary N) is 2. The van der Waals surface area contributed by atoms with E-state index in [-0.39, 0.29) is 22.0 Å². The number of fused-ring (bicyclic) bond motifs is 1. The molecule has 5 aromatic rings. The molecule has 8 heteroatoms. The van der Waals surface area contributed by atoms with E-state index in [1.165, 1.54) is 13.2 Å². The number of unbranched alkanes of at least 4 members (excludes halogenated alkanes) is 6. The molecule has 5 aromatic carbocycles. The number of ether oxygens (including phenoxy) is 3. The lowest BCUT2D eigenvalue weighted by molar-refractivity contribution is 0.408. The summed E-state index contributed by atoms with van der Waals surface area (Å²) in [6.45, 7) is 7.74. The Hall–Kier alpha value is -4.46. The molecular formula is C39H46N2O6. The fraction of sp³-hybridized carbons (Fsp3) is 0.436. The Balaban J connectivity index is 1.83. The Morgan fingerprint density at radius 1 is 0.702 bits per heavy atom. The lowest BCUT2D eigenvalue weighted by atomic mass is 9.83. The maximum Gasteiger partial charge on any atom is 0.230 e. The minimum atomic E-state index is -0.335. The van der Waals surface area contributed by atoms with Crippen LogP contribution in [0.25, 0.3) is 49.2 Å². The number of benzene rings is 5. The van der Waals surface area contributed by atoms with Gasteiger partial charge in [-0.25, -0.2) is 0 Å². The highest BCUT2D eigenvalue weighted by atomic mass is 16.5. The van der Waals surface area contributed by atoms with Crippen LogP contribution in [-0.2, 0) is 6.42 Å². The van der Waals surface area contributed by atoms with Crippen molar-refractivity contribution < 1.29 is 19.3 Å². The van der Waals surface area contributed by atoms with E-state index >= 15 is 0 Å². The van der Waals surface area contributed by atoms with Crippen LogP contribution in [0.3, 0.4) is 0 Å². The molecule has 0 fully saturated rings. The maximum atomic E-state index is 14.5. The summed E-state index contributed by atoms with van der Waals surface area (Å²) in [7, 11) is 4.70. The van der Waals surface area contributed by atoms with Gasteiger partial charge < -0.3 is 30.0 Å². The van der Waals surface area contributed by atoms with Crippen molar-refractivity contribution in [3.05, 3.63) is 49.3 Å². The topological polar surface area (TPSA) is 106 Å². The Morgan fingerprint density at radius 3 is 1.94 bits per heavy atom. The second kappa shape index (κ2) is 13.3. The molecule has 0 saturated heterocycles. The van der Waals surface area contributed by atoms with Crippen molar-refractivity contribution in [2.24, 2.45) is 0 Å². The molecule has 0 amide bonds. The molecule has 248 valence electrons. The monoisotopic (exact) mass is 638 g/mol. The Bertz CT molecular complexity index is 2120. The lowest BCUT2D eigenvalue weighted by Crippen LogP contribution is -2.15. The van der Waals surface area contributed by atoms with Crippen LogP contribution in [0.1, 0.15) is 83.3 Å². The summed E-state index contributed by atoms with van der Waals surface area (Å²) in [4.78, 5) is 28.4. The molecule has 0 unspecified atom stereocenters. The van der Waals surface area contributed by atoms with Gasteiger partial charge >= 0.3 is 0 Å². The first kappa shape index (κ1) is 32.5. The summed E-state index contributed by atoms with van der Waals surface area (Å²) < 4.78 is 17.9. The summed E-state index contributed by atoms with van der Waals surface area (Å²) in [5.74, 6) is 1.14. The predicted octanol–water partition coefficient (Wildman–Crippen LogP) is 8.57. The first-order valence-electron chi connectivity index (χ1n) is 17.0. The minimum Gasteiger partial charge on any atom is -0.505 e. The minimum absolute atomic E-state index is 0.0768. The zero-order valence-corrected chi connectivity index (χ0v) is 28.5. The molecule has 0 atom stereocenters. The maximum absolute atomic E-state index is 14.5. The van der Waals surface area contributed by atoms with E-state index in [9.17, 15) is 14.7 Å². The van der Waals surface area contributed by atoms with Crippen LogP contribution < -0.4 is 35.7 Å². The zero-order valence-electron chi connectivity index (χ0n) is 28.5. The van der Waals surface area contributed by atoms with Crippen LogP contribution in [-0.4, -0.2) is 39.5 Å². The van der Waals surface area contributed by atoms with Crippen molar-refractivity contribution in [1.29, 1.82) is 0 Å². The van der Waals surface area contributed by atoms with Gasteiger partial charge in [-0.2, -0.15) is 0 Å². The molecular weight excluding hydrogens is 592 g/mol. The third-order valence-electron chi connectivity index (χ3n) is 9.74. The Kier molecular flexibility index (Phi) is 9.22. The van der Waals surface area contributed by atoms with Gasteiger partial charge in [0.2, 0.25) is 5.43 Å². The van der Waals surface area contributed by atoms with Gasteiger partial charge in [0.05, 0.1) is 37.8 Å². The molecule has 6 rings (SSSR count). The molecule has 0 aromatic heterocycles. The standard InChI is InChI=1S/C39H46N2O6/c1-7-9-11-13-15-40-24-19-26(45-4)32-33-27(46-5)20-25(42)31-35(33)28-22(36(37(31)43)41-16-14-12-10-8-2)17-21(3)18-23-29(28)34(32)30(24)38(44)39(23)47-6/h17,19-20,40-41,43H,7-16,18H2,1-6H3. The second-order valence-corrected chi connectivity index (χ2v) is 12.8. The van der Waals surface area contributed by atoms with Crippen LogP contribution in [0.4, 0.5) is 11.4 Å². The molecule has 47 heavy (non-hydrogen) atoms. The average Bonchev–Trinajstić information content (AvgIpc) is 3.21. The molecule has 0 radical (unpaired) electrons. The molecule has 0 saturated carbocycles. The molecule has 8 nitrogen and oxygen atoms in total. The number of phenolic OH excluding ortho intramolecular Hbond substituents is 1. The normalized spacial score (nSPS) is 12.8. The summed E-state index contributed by atoms with van der Waals surface area (Å²) >= 11 is 0. The number of methoxy groups -OCH3 is 3. The van der Waals surface area contributed by atoms with E-state index in [1.54, 1.807) is 14.2 Å². The van der Waals surface area contributed by atoms with E-state index in [2.05, 4.69) is 30.6 Å². The van der Waals surface area contributed by atoms with E-state index < -0.39 is 0 Å². The summed E-state index contributed by atoms with van der Waals surface area (Å²) in [6.07, 6.45) is 11.1. The summed E-state index contributed by atoms with van der Waals surface area (Å²) in [5.41, 5.74) is 3.25. The number of anilines is 2. The molecule has 1 aliphatic carbocycles. The molecule has 1 aliphatic rings. The molecule has 0 heterocycles. The number of aromatic hydroxyl groups is 1. The van der Waals surface area contributed by atoms with Gasteiger partial charge in [-0.15, -0.1) is 0 Å². The number of hydrogen-bond acceptors (Lipinski definition) is 8. The van der Waals surface area contributed by atoms with Crippen LogP contribution >= 0.6 is 0 Å². The number of allylic oxidation sites excluding steroid dienone is 1. The van der Waals surface area contributed by atoms with Crippen LogP contribution in [0.2, 0.25) is 0 Å². The Morgan fingerprint density at radius 2 is 1.32 bits per heavy atom. The highest BCUT2D eigenvalue weighted by Crippen LogP contribution is 2.55. The van der Waals surface area contributed by atoms with Gasteiger partial charge in [0.15, 0.2) is 16.9 Å². The fourth-order valence-electron chi connectivity index (χ4n) is 7.61. The first-order valence-corrected chi connectivity index (χ1v) is 17.0. The van der Waals surface area contributed by atoms with Gasteiger partial charge in [0.25, 0.3) is 0 Å². The van der Waals surface area contributed by atoms with Gasteiger partial charge in [0, 0.05) is 69.0 Å². The quantitative estimate of drug-likeness (QED) is 0.0453. The summed E-state index contributed by atoms with van der Waals surface area (Å²) in [6, 6.07) is 3.31. The number of rotatable bonds is 15. The van der Waals surface area contributed by atoms with E-state index in [1.807, 2.05) is 13.0 Å². The molecule has 0 bridgehead atoms. The van der Waals surface area contributed by atoms with Crippen molar-refractivity contribution in [3.8, 4) is 23.0 Å². The van der Waals surface area contributed by atoms with Crippen LogP contribution in [0, 0.1) is 0 Å². The number of hydrogen-bond donors (Lipinski definition) is 3. The van der Waals surface area contributed by atoms with Crippen molar-refractivity contribution >= 4 is 60.5 Å². The van der Waals surface area contributed by atoms with Gasteiger partial charge in [0.1, 0.15) is 11.5 Å². The van der Waals surface area contributed by atoms with Crippen molar-refractivity contribution in [2.45, 2.75) is 78.6 Å². The lowest BCUT2D eigenvalue weighted by Gasteiger charge is -2.24. The average molecular weight is 639 g/mol. The van der Waals surface area contributed by atoms with E-state index in [0.717, 1.165) is 84.2 Å². The van der Waals surface area contributed by atoms with Gasteiger partial charge in [-0.05, 0) is 31.6 Å². The fourth-order valence-corrected chi connectivity index (χ4v) is 7.61. The highest BCUT2D eigenvalue weighted by Gasteiger charge is 2.32. The largest absolute Gasteiger partial charge is 0.505 e. The second-order valence-electron chi connectivity index (χ2n) is 12.8. The highest BCUT2D eigenvalue weighted by molar-refractivity contribution is 6.40. The SMILES string of the molecule is CCCCCCNc1c(O)c2c(=O)cc(OC)c3c4c(OC)cc(NCCCCCC)c5c(=O)c(OC)c6c(c(c1C=C(C)C6)c23)c54. The van der Waals surface area contributed by atoms with Crippen LogP contribution in [0.5, 0.6) is 23.0 Å². The smallest absolute Gasteiger partial charge is 0.230 e. The van der Waals surface area contributed by atoms with Crippen LogP contribution in [0.15, 0.2) is 27.3 Å². The van der Waals surface area contributed by atoms with E-state index in [0.29, 0.717) is 69.7 Å². The summed E-state index contributed by atoms with van der Waals surface area (Å²) in [5, 5.41) is 24.0.